The van der Waals surface area contributed by atoms with Crippen molar-refractivity contribution in [3.05, 3.63) is 46.7 Å². The lowest BCUT2D eigenvalue weighted by molar-refractivity contribution is 0.0728. The van der Waals surface area contributed by atoms with Gasteiger partial charge in [-0.2, -0.15) is 0 Å². The van der Waals surface area contributed by atoms with Crippen molar-refractivity contribution in [1.29, 1.82) is 0 Å². The van der Waals surface area contributed by atoms with Gasteiger partial charge in [-0.3, -0.25) is 4.79 Å². The molecule has 1 aliphatic heterocycles. The van der Waals surface area contributed by atoms with E-state index < -0.39 is 0 Å². The van der Waals surface area contributed by atoms with Crippen molar-refractivity contribution in [2.75, 3.05) is 20.2 Å². The normalized spacial score (nSPS) is 14.2. The second kappa shape index (κ2) is 7.07. The number of carbonyl (C=O) groups is 1. The SMILES string of the molecule is CCCc1nc(C)c(C(=O)N2CCc3ccc(OC)cc3CC2)o1. The van der Waals surface area contributed by atoms with Gasteiger partial charge in [0, 0.05) is 19.5 Å². The number of rotatable bonds is 4. The Hall–Kier alpha value is -2.30. The lowest BCUT2D eigenvalue weighted by atomic mass is 10.0. The van der Waals surface area contributed by atoms with E-state index in [-0.39, 0.29) is 5.91 Å². The summed E-state index contributed by atoms with van der Waals surface area (Å²) >= 11 is 0. The van der Waals surface area contributed by atoms with Gasteiger partial charge in [0.2, 0.25) is 5.76 Å². The monoisotopic (exact) mass is 328 g/mol. The summed E-state index contributed by atoms with van der Waals surface area (Å²) < 4.78 is 11.0. The number of hydrogen-bond donors (Lipinski definition) is 0. The van der Waals surface area contributed by atoms with Gasteiger partial charge in [0.15, 0.2) is 5.89 Å². The molecule has 5 heteroatoms. The Morgan fingerprint density at radius 3 is 2.75 bits per heavy atom. The predicted octanol–water partition coefficient (Wildman–Crippen LogP) is 3.19. The molecular weight excluding hydrogens is 304 g/mol. The molecule has 1 aromatic heterocycles. The maximum absolute atomic E-state index is 12.8. The number of aromatic nitrogens is 1. The molecule has 0 radical (unpaired) electrons. The highest BCUT2D eigenvalue weighted by molar-refractivity contribution is 5.92. The first-order chi connectivity index (χ1) is 11.6. The number of oxazole rings is 1. The molecule has 1 amide bonds. The molecule has 0 fully saturated rings. The maximum atomic E-state index is 12.8. The predicted molar refractivity (Wildman–Crippen MR) is 91.5 cm³/mol. The lowest BCUT2D eigenvalue weighted by Gasteiger charge is -2.18. The molecule has 2 aromatic rings. The fraction of sp³-hybridized carbons (Fsp3) is 0.474. The number of amides is 1. The largest absolute Gasteiger partial charge is 0.497 e. The van der Waals surface area contributed by atoms with Crippen molar-refractivity contribution in [2.24, 2.45) is 0 Å². The first-order valence-electron chi connectivity index (χ1n) is 8.53. The van der Waals surface area contributed by atoms with Crippen LogP contribution in [0.15, 0.2) is 22.6 Å². The second-order valence-corrected chi connectivity index (χ2v) is 6.20. The van der Waals surface area contributed by atoms with Crippen LogP contribution in [0.2, 0.25) is 0 Å². The fourth-order valence-electron chi connectivity index (χ4n) is 3.15. The van der Waals surface area contributed by atoms with Crippen LogP contribution >= 0.6 is 0 Å². The maximum Gasteiger partial charge on any atom is 0.291 e. The van der Waals surface area contributed by atoms with Crippen LogP contribution in [-0.4, -0.2) is 36.0 Å². The summed E-state index contributed by atoms with van der Waals surface area (Å²) in [7, 11) is 1.68. The van der Waals surface area contributed by atoms with Crippen LogP contribution in [0.1, 0.15) is 46.6 Å². The minimum absolute atomic E-state index is 0.0536. The van der Waals surface area contributed by atoms with Gasteiger partial charge in [-0.15, -0.1) is 0 Å². The van der Waals surface area contributed by atoms with E-state index in [0.29, 0.717) is 30.4 Å². The van der Waals surface area contributed by atoms with E-state index in [1.165, 1.54) is 11.1 Å². The van der Waals surface area contributed by atoms with Crippen molar-refractivity contribution in [2.45, 2.75) is 39.5 Å². The average Bonchev–Trinajstić information content (AvgIpc) is 2.82. The zero-order valence-corrected chi connectivity index (χ0v) is 14.6. The van der Waals surface area contributed by atoms with Gasteiger partial charge in [-0.1, -0.05) is 13.0 Å². The third-order valence-corrected chi connectivity index (χ3v) is 4.50. The molecule has 0 saturated heterocycles. The van der Waals surface area contributed by atoms with E-state index in [1.807, 2.05) is 17.9 Å². The van der Waals surface area contributed by atoms with Gasteiger partial charge in [0.05, 0.1) is 12.8 Å². The van der Waals surface area contributed by atoms with Crippen molar-refractivity contribution in [1.82, 2.24) is 9.88 Å². The summed E-state index contributed by atoms with van der Waals surface area (Å²) in [6.07, 6.45) is 3.39. The average molecular weight is 328 g/mol. The molecule has 0 spiro atoms. The van der Waals surface area contributed by atoms with Gasteiger partial charge in [0.1, 0.15) is 5.75 Å². The number of ether oxygens (including phenoxy) is 1. The van der Waals surface area contributed by atoms with Crippen LogP contribution in [0.25, 0.3) is 0 Å². The zero-order chi connectivity index (χ0) is 17.1. The smallest absolute Gasteiger partial charge is 0.291 e. The van der Waals surface area contributed by atoms with Gasteiger partial charge < -0.3 is 14.1 Å². The van der Waals surface area contributed by atoms with Gasteiger partial charge in [-0.25, -0.2) is 4.98 Å². The third-order valence-electron chi connectivity index (χ3n) is 4.50. The van der Waals surface area contributed by atoms with E-state index in [9.17, 15) is 4.79 Å². The number of fused-ring (bicyclic) bond motifs is 1. The first kappa shape index (κ1) is 16.6. The Morgan fingerprint density at radius 1 is 1.29 bits per heavy atom. The Morgan fingerprint density at radius 2 is 2.04 bits per heavy atom. The van der Waals surface area contributed by atoms with E-state index in [0.717, 1.165) is 31.4 Å². The Bertz CT molecular complexity index is 736. The standard InChI is InChI=1S/C19H24N2O3/c1-4-5-17-20-13(2)18(24-17)19(22)21-10-8-14-6-7-16(23-3)12-15(14)9-11-21/h6-7,12H,4-5,8-11H2,1-3H3. The molecule has 0 N–H and O–H groups in total. The number of benzene rings is 1. The summed E-state index contributed by atoms with van der Waals surface area (Å²) in [6, 6.07) is 6.15. The van der Waals surface area contributed by atoms with Crippen LogP contribution < -0.4 is 4.74 Å². The van der Waals surface area contributed by atoms with E-state index in [1.54, 1.807) is 7.11 Å². The van der Waals surface area contributed by atoms with Crippen LogP contribution in [0.5, 0.6) is 5.75 Å². The van der Waals surface area contributed by atoms with Crippen LogP contribution in [0.4, 0.5) is 0 Å². The van der Waals surface area contributed by atoms with Crippen molar-refractivity contribution in [3.8, 4) is 5.75 Å². The molecular formula is C19H24N2O3. The molecule has 2 heterocycles. The summed E-state index contributed by atoms with van der Waals surface area (Å²) in [5.41, 5.74) is 3.23. The van der Waals surface area contributed by atoms with E-state index in [4.69, 9.17) is 9.15 Å². The molecule has 128 valence electrons. The molecule has 0 saturated carbocycles. The Kier molecular flexibility index (Phi) is 4.88. The quantitative estimate of drug-likeness (QED) is 0.865. The topological polar surface area (TPSA) is 55.6 Å². The van der Waals surface area contributed by atoms with Crippen LogP contribution in [-0.2, 0) is 19.3 Å². The molecule has 5 nitrogen and oxygen atoms in total. The molecule has 1 aromatic carbocycles. The molecule has 0 aliphatic carbocycles. The van der Waals surface area contributed by atoms with Gasteiger partial charge >= 0.3 is 0 Å². The highest BCUT2D eigenvalue weighted by Gasteiger charge is 2.25. The van der Waals surface area contributed by atoms with Gasteiger partial charge in [0.25, 0.3) is 5.91 Å². The highest BCUT2D eigenvalue weighted by atomic mass is 16.5. The summed E-state index contributed by atoms with van der Waals surface area (Å²) in [6.45, 7) is 5.29. The number of carbonyl (C=O) groups excluding carboxylic acids is 1. The Balaban J connectivity index is 1.76. The summed E-state index contributed by atoms with van der Waals surface area (Å²) in [4.78, 5) is 19.1. The molecule has 0 unspecified atom stereocenters. The van der Waals surface area contributed by atoms with Crippen molar-refractivity contribution < 1.29 is 13.9 Å². The summed E-state index contributed by atoms with van der Waals surface area (Å²) in [5.74, 6) is 1.86. The number of nitrogens with zero attached hydrogens (tertiary/aromatic N) is 2. The van der Waals surface area contributed by atoms with Gasteiger partial charge in [-0.05, 0) is 49.4 Å². The number of aryl methyl sites for hydroxylation is 2. The third kappa shape index (κ3) is 3.30. The van der Waals surface area contributed by atoms with Crippen LogP contribution in [0.3, 0.4) is 0 Å². The first-order valence-corrected chi connectivity index (χ1v) is 8.53. The number of methoxy groups -OCH3 is 1. The zero-order valence-electron chi connectivity index (χ0n) is 14.6. The number of hydrogen-bond acceptors (Lipinski definition) is 4. The fourth-order valence-corrected chi connectivity index (χ4v) is 3.15. The second-order valence-electron chi connectivity index (χ2n) is 6.20. The van der Waals surface area contributed by atoms with Crippen LogP contribution in [0, 0.1) is 6.92 Å². The van der Waals surface area contributed by atoms with E-state index >= 15 is 0 Å². The minimum atomic E-state index is -0.0536. The molecule has 24 heavy (non-hydrogen) atoms. The van der Waals surface area contributed by atoms with Crippen molar-refractivity contribution in [3.63, 3.8) is 0 Å². The molecule has 0 atom stereocenters. The molecule has 3 rings (SSSR count). The minimum Gasteiger partial charge on any atom is -0.497 e. The molecule has 0 bridgehead atoms. The molecule has 1 aliphatic rings. The summed E-state index contributed by atoms with van der Waals surface area (Å²) in [5, 5.41) is 0. The highest BCUT2D eigenvalue weighted by Crippen LogP contribution is 2.23. The van der Waals surface area contributed by atoms with Crippen molar-refractivity contribution >= 4 is 5.91 Å². The lowest BCUT2D eigenvalue weighted by Crippen LogP contribution is -2.33. The Labute approximate surface area is 142 Å². The van der Waals surface area contributed by atoms with E-state index in [2.05, 4.69) is 24.0 Å².